The summed E-state index contributed by atoms with van der Waals surface area (Å²) >= 11 is 0. The minimum Gasteiger partial charge on any atom is -0.466 e. The highest BCUT2D eigenvalue weighted by atomic mass is 16.5. The molecule has 1 amide bonds. The molecule has 0 aliphatic carbocycles. The molecule has 0 bridgehead atoms. The second kappa shape index (κ2) is 43.8. The molecule has 0 rings (SSSR count). The molecule has 6 heteroatoms. The largest absolute Gasteiger partial charge is 0.466 e. The molecule has 0 saturated carbocycles. The first-order chi connectivity index (χ1) is 26.5. The second-order valence-corrected chi connectivity index (χ2v) is 15.7. The number of hydrogen-bond acceptors (Lipinski definition) is 5. The van der Waals surface area contributed by atoms with Gasteiger partial charge in [0.25, 0.3) is 0 Å². The Kier molecular flexibility index (Phi) is 42.2. The standard InChI is InChI=1S/C48H89NO5/c1-3-5-7-9-11-13-14-15-16-17-18-22-26-30-34-38-42-48(53)54-43-39-35-31-27-23-20-19-21-25-29-33-37-41-47(52)49-45(44-50)46(51)40-36-32-28-24-12-10-8-6-4-2/h13-14,16-17,36,40,45-46,50-51H,3-12,15,18-35,37-39,41-44H2,1-2H3,(H,49,52)/b14-13-,17-16-,40-36+. The number of nitrogens with one attached hydrogen (secondary N) is 1. The number of hydrogen-bond donors (Lipinski definition) is 3. The average molecular weight is 760 g/mol. The van der Waals surface area contributed by atoms with Gasteiger partial charge in [0.2, 0.25) is 5.91 Å². The molecule has 3 N–H and O–H groups in total. The van der Waals surface area contributed by atoms with Crippen molar-refractivity contribution < 1.29 is 24.5 Å². The van der Waals surface area contributed by atoms with Gasteiger partial charge < -0.3 is 20.3 Å². The first-order valence-corrected chi connectivity index (χ1v) is 23.3. The Morgan fingerprint density at radius 3 is 1.43 bits per heavy atom. The van der Waals surface area contributed by atoms with Crippen molar-refractivity contribution in [3.63, 3.8) is 0 Å². The van der Waals surface area contributed by atoms with Crippen LogP contribution in [0.4, 0.5) is 0 Å². The van der Waals surface area contributed by atoms with Crippen molar-refractivity contribution >= 4 is 11.9 Å². The zero-order chi connectivity index (χ0) is 39.4. The summed E-state index contributed by atoms with van der Waals surface area (Å²) in [6.07, 6.45) is 51.3. The van der Waals surface area contributed by atoms with E-state index < -0.39 is 12.1 Å². The number of amides is 1. The molecule has 0 spiro atoms. The molecule has 0 aromatic carbocycles. The molecular formula is C48H89NO5. The second-order valence-electron chi connectivity index (χ2n) is 15.7. The van der Waals surface area contributed by atoms with Gasteiger partial charge in [-0.05, 0) is 64.2 Å². The monoisotopic (exact) mass is 760 g/mol. The lowest BCUT2D eigenvalue weighted by Gasteiger charge is -2.20. The van der Waals surface area contributed by atoms with Crippen LogP contribution in [0.25, 0.3) is 0 Å². The Morgan fingerprint density at radius 1 is 0.519 bits per heavy atom. The summed E-state index contributed by atoms with van der Waals surface area (Å²) < 4.78 is 5.45. The van der Waals surface area contributed by atoms with Gasteiger partial charge in [-0.3, -0.25) is 9.59 Å². The molecule has 0 aromatic heterocycles. The number of aliphatic hydroxyl groups excluding tert-OH is 2. The summed E-state index contributed by atoms with van der Waals surface area (Å²) in [6.45, 7) is 4.80. The lowest BCUT2D eigenvalue weighted by molar-refractivity contribution is -0.143. The fraction of sp³-hybridized carbons (Fsp3) is 0.833. The third kappa shape index (κ3) is 39.8. The zero-order valence-electron chi connectivity index (χ0n) is 35.7. The van der Waals surface area contributed by atoms with E-state index >= 15 is 0 Å². The SMILES string of the molecule is CCCCCC/C=C\C/C=C\CCCCCCCC(=O)OCCCCCCCCCCCCCCC(=O)NC(CO)C(O)/C=C/CCCCCCCCC. The summed E-state index contributed by atoms with van der Waals surface area (Å²) in [5.41, 5.74) is 0. The van der Waals surface area contributed by atoms with E-state index in [1.165, 1.54) is 135 Å². The smallest absolute Gasteiger partial charge is 0.305 e. The number of unbranched alkanes of at least 4 members (excludes halogenated alkanes) is 27. The van der Waals surface area contributed by atoms with Gasteiger partial charge in [0, 0.05) is 12.8 Å². The maximum Gasteiger partial charge on any atom is 0.305 e. The van der Waals surface area contributed by atoms with Crippen LogP contribution in [0.15, 0.2) is 36.5 Å². The van der Waals surface area contributed by atoms with E-state index in [9.17, 15) is 19.8 Å². The number of rotatable bonds is 42. The molecule has 0 aromatic rings. The van der Waals surface area contributed by atoms with Crippen LogP contribution in [0.2, 0.25) is 0 Å². The normalized spacial score (nSPS) is 13.0. The van der Waals surface area contributed by atoms with Crippen LogP contribution in [0.1, 0.15) is 232 Å². The number of allylic oxidation sites excluding steroid dienone is 5. The van der Waals surface area contributed by atoms with E-state index in [4.69, 9.17) is 4.74 Å². The van der Waals surface area contributed by atoms with E-state index in [-0.39, 0.29) is 18.5 Å². The molecule has 2 unspecified atom stereocenters. The van der Waals surface area contributed by atoms with E-state index in [0.29, 0.717) is 19.4 Å². The molecular weight excluding hydrogens is 671 g/mol. The van der Waals surface area contributed by atoms with Crippen molar-refractivity contribution in [2.24, 2.45) is 0 Å². The summed E-state index contributed by atoms with van der Waals surface area (Å²) in [7, 11) is 0. The Morgan fingerprint density at radius 2 is 0.926 bits per heavy atom. The Balaban J connectivity index is 3.48. The zero-order valence-corrected chi connectivity index (χ0v) is 35.7. The van der Waals surface area contributed by atoms with Crippen LogP contribution in [0.5, 0.6) is 0 Å². The predicted molar refractivity (Wildman–Crippen MR) is 232 cm³/mol. The Hall–Kier alpha value is -1.92. The van der Waals surface area contributed by atoms with Crippen molar-refractivity contribution in [3.05, 3.63) is 36.5 Å². The van der Waals surface area contributed by atoms with Crippen LogP contribution in [-0.2, 0) is 14.3 Å². The van der Waals surface area contributed by atoms with Crippen LogP contribution in [-0.4, -0.2) is 47.4 Å². The van der Waals surface area contributed by atoms with Crippen molar-refractivity contribution in [3.8, 4) is 0 Å². The minimum absolute atomic E-state index is 0.0257. The molecule has 0 aliphatic heterocycles. The van der Waals surface area contributed by atoms with E-state index in [0.717, 1.165) is 70.6 Å². The van der Waals surface area contributed by atoms with Gasteiger partial charge in [-0.2, -0.15) is 0 Å². The van der Waals surface area contributed by atoms with E-state index in [1.807, 2.05) is 6.08 Å². The van der Waals surface area contributed by atoms with Crippen LogP contribution < -0.4 is 5.32 Å². The summed E-state index contributed by atoms with van der Waals surface area (Å²) in [5, 5.41) is 22.8. The average Bonchev–Trinajstić information content (AvgIpc) is 3.17. The first-order valence-electron chi connectivity index (χ1n) is 23.3. The first kappa shape index (κ1) is 52.1. The van der Waals surface area contributed by atoms with Gasteiger partial charge in [0.1, 0.15) is 0 Å². The van der Waals surface area contributed by atoms with Gasteiger partial charge in [-0.25, -0.2) is 0 Å². The molecule has 2 atom stereocenters. The predicted octanol–water partition coefficient (Wildman–Crippen LogP) is 13.3. The molecule has 0 radical (unpaired) electrons. The van der Waals surface area contributed by atoms with E-state index in [1.54, 1.807) is 6.08 Å². The Labute approximate surface area is 334 Å². The number of ether oxygens (including phenoxy) is 1. The van der Waals surface area contributed by atoms with Crippen LogP contribution in [0.3, 0.4) is 0 Å². The molecule has 0 heterocycles. The van der Waals surface area contributed by atoms with Gasteiger partial charge in [-0.15, -0.1) is 0 Å². The summed E-state index contributed by atoms with van der Waals surface area (Å²) in [6, 6.07) is -0.638. The van der Waals surface area contributed by atoms with Crippen molar-refractivity contribution in [2.45, 2.75) is 244 Å². The van der Waals surface area contributed by atoms with E-state index in [2.05, 4.69) is 43.5 Å². The van der Waals surface area contributed by atoms with Crippen molar-refractivity contribution in [2.75, 3.05) is 13.2 Å². The highest BCUT2D eigenvalue weighted by Gasteiger charge is 2.18. The van der Waals surface area contributed by atoms with Gasteiger partial charge in [0.15, 0.2) is 0 Å². The summed E-state index contributed by atoms with van der Waals surface area (Å²) in [4.78, 5) is 24.4. The quantitative estimate of drug-likeness (QED) is 0.0327. The summed E-state index contributed by atoms with van der Waals surface area (Å²) in [5.74, 6) is -0.114. The van der Waals surface area contributed by atoms with Gasteiger partial charge in [-0.1, -0.05) is 192 Å². The number of carbonyl (C=O) groups excluding carboxylic acids is 2. The van der Waals surface area contributed by atoms with Crippen LogP contribution >= 0.6 is 0 Å². The lowest BCUT2D eigenvalue weighted by Crippen LogP contribution is -2.45. The Bertz CT molecular complexity index is 884. The minimum atomic E-state index is -0.853. The fourth-order valence-corrected chi connectivity index (χ4v) is 6.78. The van der Waals surface area contributed by atoms with Gasteiger partial charge >= 0.3 is 5.97 Å². The number of carbonyl (C=O) groups is 2. The third-order valence-electron chi connectivity index (χ3n) is 10.4. The molecule has 0 fully saturated rings. The maximum absolute atomic E-state index is 12.3. The van der Waals surface area contributed by atoms with Crippen LogP contribution in [0, 0.1) is 0 Å². The highest BCUT2D eigenvalue weighted by Crippen LogP contribution is 2.14. The topological polar surface area (TPSA) is 95.9 Å². The number of esters is 1. The molecule has 54 heavy (non-hydrogen) atoms. The third-order valence-corrected chi connectivity index (χ3v) is 10.4. The molecule has 6 nitrogen and oxygen atoms in total. The van der Waals surface area contributed by atoms with Crippen molar-refractivity contribution in [1.82, 2.24) is 5.32 Å². The fourth-order valence-electron chi connectivity index (χ4n) is 6.78. The highest BCUT2D eigenvalue weighted by molar-refractivity contribution is 5.76. The lowest BCUT2D eigenvalue weighted by atomic mass is 10.0. The molecule has 316 valence electrons. The van der Waals surface area contributed by atoms with Gasteiger partial charge in [0.05, 0.1) is 25.4 Å². The molecule has 0 saturated heterocycles. The van der Waals surface area contributed by atoms with Crippen molar-refractivity contribution in [1.29, 1.82) is 0 Å². The molecule has 0 aliphatic rings. The number of aliphatic hydroxyl groups is 2. The maximum atomic E-state index is 12.3.